The lowest BCUT2D eigenvalue weighted by molar-refractivity contribution is -0.0487. The molecule has 2 atom stereocenters. The van der Waals surface area contributed by atoms with Crippen LogP contribution in [0.2, 0.25) is 0 Å². The number of carbonyl (C=O) groups excluding carboxylic acids is 1. The van der Waals surface area contributed by atoms with Crippen LogP contribution in [0.25, 0.3) is 0 Å². The quantitative estimate of drug-likeness (QED) is 0.834. The molecule has 0 aromatic heterocycles. The van der Waals surface area contributed by atoms with E-state index >= 15 is 0 Å². The molecule has 1 N–H and O–H groups in total. The maximum absolute atomic E-state index is 12.4. The first kappa shape index (κ1) is 18.5. The Hall–Kier alpha value is -1.33. The zero-order valence-corrected chi connectivity index (χ0v) is 15.8. The predicted octanol–water partition coefficient (Wildman–Crippen LogP) is 2.96. The number of piperidine rings is 1. The number of allylic oxidation sites excluding steroid dienone is 2. The summed E-state index contributed by atoms with van der Waals surface area (Å²) in [5, 5.41) is 10.7. The molecule has 2 fully saturated rings. The van der Waals surface area contributed by atoms with Crippen LogP contribution in [0.5, 0.6) is 0 Å². The van der Waals surface area contributed by atoms with Gasteiger partial charge in [0.25, 0.3) is 0 Å². The van der Waals surface area contributed by atoms with E-state index in [1.807, 2.05) is 20.8 Å². The molecular weight excluding hydrogens is 316 g/mol. The van der Waals surface area contributed by atoms with Crippen molar-refractivity contribution in [2.24, 2.45) is 5.41 Å². The molecule has 0 aromatic carbocycles. The molecule has 0 bridgehead atoms. The second kappa shape index (κ2) is 7.12. The summed E-state index contributed by atoms with van der Waals surface area (Å²) in [7, 11) is 0. The first-order chi connectivity index (χ1) is 11.8. The lowest BCUT2D eigenvalue weighted by Crippen LogP contribution is -2.55. The summed E-state index contributed by atoms with van der Waals surface area (Å²) >= 11 is 0. The minimum atomic E-state index is -0.484. The molecule has 0 aromatic rings. The molecule has 1 aliphatic carbocycles. The number of carbonyl (C=O) groups is 1. The van der Waals surface area contributed by atoms with E-state index < -0.39 is 5.60 Å². The van der Waals surface area contributed by atoms with Crippen molar-refractivity contribution >= 4 is 6.09 Å². The Bertz CT molecular complexity index is 564. The number of nitrogens with zero attached hydrogens (tertiary/aromatic N) is 2. The van der Waals surface area contributed by atoms with Crippen molar-refractivity contribution in [3.8, 4) is 0 Å². The Morgan fingerprint density at radius 3 is 2.80 bits per heavy atom. The molecule has 0 saturated carbocycles. The molecule has 3 rings (SSSR count). The zero-order valence-electron chi connectivity index (χ0n) is 15.8. The standard InChI is InChI=1S/C20H32N2O3/c1-19(2,3)25-18(24)22-11-9-17(23)20(15-22)10-12-21(14-20)13-16-7-5-4-6-8-16/h5,7-8,17,23H,4,6,9-15H2,1-3H3. The number of hydrogen-bond donors (Lipinski definition) is 1. The molecule has 3 aliphatic rings. The number of aliphatic hydroxyl groups excluding tert-OH is 1. The SMILES string of the molecule is CC(C)(C)OC(=O)N1CCC(O)C2(CCN(CC3=CCCC=C3)C2)C1. The Kier molecular flexibility index (Phi) is 5.26. The molecule has 5 heteroatoms. The monoisotopic (exact) mass is 348 g/mol. The molecule has 2 unspecified atom stereocenters. The van der Waals surface area contributed by atoms with E-state index in [9.17, 15) is 9.90 Å². The molecular formula is C20H32N2O3. The zero-order chi connectivity index (χ0) is 18.1. The molecule has 25 heavy (non-hydrogen) atoms. The van der Waals surface area contributed by atoms with Crippen molar-refractivity contribution in [3.05, 3.63) is 23.8 Å². The van der Waals surface area contributed by atoms with Crippen molar-refractivity contribution in [1.29, 1.82) is 0 Å². The smallest absolute Gasteiger partial charge is 0.410 e. The van der Waals surface area contributed by atoms with E-state index in [1.54, 1.807) is 4.90 Å². The van der Waals surface area contributed by atoms with Crippen molar-refractivity contribution in [3.63, 3.8) is 0 Å². The van der Waals surface area contributed by atoms with Gasteiger partial charge in [-0.15, -0.1) is 0 Å². The molecule has 5 nitrogen and oxygen atoms in total. The Labute approximate surface area is 151 Å². The van der Waals surface area contributed by atoms with Gasteiger partial charge in [0.05, 0.1) is 6.10 Å². The molecule has 140 valence electrons. The van der Waals surface area contributed by atoms with Gasteiger partial charge >= 0.3 is 6.09 Å². The number of aliphatic hydroxyl groups is 1. The minimum absolute atomic E-state index is 0.214. The van der Waals surface area contributed by atoms with Gasteiger partial charge in [0.1, 0.15) is 5.60 Å². The summed E-state index contributed by atoms with van der Waals surface area (Å²) in [6, 6.07) is 0. The molecule has 1 spiro atoms. The summed E-state index contributed by atoms with van der Waals surface area (Å²) in [5.74, 6) is 0. The Morgan fingerprint density at radius 2 is 2.12 bits per heavy atom. The number of amides is 1. The topological polar surface area (TPSA) is 53.0 Å². The van der Waals surface area contributed by atoms with Crippen LogP contribution in [-0.4, -0.2) is 65.4 Å². The van der Waals surface area contributed by atoms with Gasteiger partial charge in [-0.25, -0.2) is 4.79 Å². The average Bonchev–Trinajstić information content (AvgIpc) is 2.93. The number of hydrogen-bond acceptors (Lipinski definition) is 4. The van der Waals surface area contributed by atoms with Crippen LogP contribution < -0.4 is 0 Å². The molecule has 0 radical (unpaired) electrons. The maximum atomic E-state index is 12.4. The first-order valence-electron chi connectivity index (χ1n) is 9.51. The lowest BCUT2D eigenvalue weighted by Gasteiger charge is -2.44. The largest absolute Gasteiger partial charge is 0.444 e. The fourth-order valence-corrected chi connectivity index (χ4v) is 4.19. The van der Waals surface area contributed by atoms with E-state index in [0.717, 1.165) is 38.9 Å². The van der Waals surface area contributed by atoms with E-state index in [4.69, 9.17) is 4.74 Å². The second-order valence-electron chi connectivity index (χ2n) is 8.79. The number of ether oxygens (including phenoxy) is 1. The van der Waals surface area contributed by atoms with Crippen molar-refractivity contribution in [1.82, 2.24) is 9.80 Å². The summed E-state index contributed by atoms with van der Waals surface area (Å²) in [4.78, 5) is 16.7. The van der Waals surface area contributed by atoms with Gasteiger partial charge in [0, 0.05) is 31.6 Å². The van der Waals surface area contributed by atoms with Gasteiger partial charge < -0.3 is 14.7 Å². The van der Waals surface area contributed by atoms with Crippen LogP contribution in [0, 0.1) is 5.41 Å². The van der Waals surface area contributed by atoms with Gasteiger partial charge in [0.15, 0.2) is 0 Å². The summed E-state index contributed by atoms with van der Waals surface area (Å²) < 4.78 is 5.54. The average molecular weight is 348 g/mol. The highest BCUT2D eigenvalue weighted by atomic mass is 16.6. The van der Waals surface area contributed by atoms with E-state index in [0.29, 0.717) is 19.5 Å². The van der Waals surface area contributed by atoms with Crippen LogP contribution in [0.4, 0.5) is 4.79 Å². The third-order valence-corrected chi connectivity index (χ3v) is 5.48. The third-order valence-electron chi connectivity index (χ3n) is 5.48. The highest BCUT2D eigenvalue weighted by Crippen LogP contribution is 2.40. The highest BCUT2D eigenvalue weighted by Gasteiger charge is 2.48. The second-order valence-corrected chi connectivity index (χ2v) is 8.79. The summed E-state index contributed by atoms with van der Waals surface area (Å²) in [6.45, 7) is 9.60. The molecule has 2 heterocycles. The van der Waals surface area contributed by atoms with Gasteiger partial charge in [-0.3, -0.25) is 4.90 Å². The van der Waals surface area contributed by atoms with Crippen molar-refractivity contribution in [2.45, 2.75) is 58.2 Å². The van der Waals surface area contributed by atoms with Gasteiger partial charge in [-0.05, 0) is 58.6 Å². The Balaban J connectivity index is 1.62. The molecule has 2 aliphatic heterocycles. The molecule has 1 amide bonds. The van der Waals surface area contributed by atoms with Gasteiger partial charge in [-0.2, -0.15) is 0 Å². The Morgan fingerprint density at radius 1 is 1.32 bits per heavy atom. The molecule has 2 saturated heterocycles. The maximum Gasteiger partial charge on any atom is 0.410 e. The van der Waals surface area contributed by atoms with Gasteiger partial charge in [-0.1, -0.05) is 18.2 Å². The van der Waals surface area contributed by atoms with Crippen molar-refractivity contribution < 1.29 is 14.6 Å². The normalized spacial score (nSPS) is 30.6. The van der Waals surface area contributed by atoms with Crippen LogP contribution in [-0.2, 0) is 4.74 Å². The van der Waals surface area contributed by atoms with E-state index in [-0.39, 0.29) is 17.6 Å². The fourth-order valence-electron chi connectivity index (χ4n) is 4.19. The number of likely N-dealkylation sites (tertiary alicyclic amines) is 2. The van der Waals surface area contributed by atoms with E-state index in [1.165, 1.54) is 5.57 Å². The summed E-state index contributed by atoms with van der Waals surface area (Å²) in [5.41, 5.74) is 0.674. The lowest BCUT2D eigenvalue weighted by atomic mass is 9.76. The number of rotatable bonds is 2. The highest BCUT2D eigenvalue weighted by molar-refractivity contribution is 5.68. The van der Waals surface area contributed by atoms with Crippen LogP contribution in [0.1, 0.15) is 46.5 Å². The van der Waals surface area contributed by atoms with Crippen LogP contribution in [0.15, 0.2) is 23.8 Å². The fraction of sp³-hybridized carbons (Fsp3) is 0.750. The predicted molar refractivity (Wildman–Crippen MR) is 98.4 cm³/mol. The summed E-state index contributed by atoms with van der Waals surface area (Å²) in [6.07, 6.45) is 10.0. The van der Waals surface area contributed by atoms with Crippen LogP contribution >= 0.6 is 0 Å². The third kappa shape index (κ3) is 4.45. The van der Waals surface area contributed by atoms with Gasteiger partial charge in [0.2, 0.25) is 0 Å². The minimum Gasteiger partial charge on any atom is -0.444 e. The van der Waals surface area contributed by atoms with Crippen LogP contribution in [0.3, 0.4) is 0 Å². The van der Waals surface area contributed by atoms with E-state index in [2.05, 4.69) is 23.1 Å². The van der Waals surface area contributed by atoms with Crippen molar-refractivity contribution in [2.75, 3.05) is 32.7 Å². The first-order valence-corrected chi connectivity index (χ1v) is 9.51.